The van der Waals surface area contributed by atoms with Crippen molar-refractivity contribution in [3.8, 4) is 11.5 Å². The van der Waals surface area contributed by atoms with Crippen molar-refractivity contribution in [3.63, 3.8) is 0 Å². The van der Waals surface area contributed by atoms with Gasteiger partial charge in [0.25, 0.3) is 5.91 Å². The van der Waals surface area contributed by atoms with Crippen molar-refractivity contribution in [2.75, 3.05) is 25.7 Å². The van der Waals surface area contributed by atoms with E-state index >= 15 is 0 Å². The lowest BCUT2D eigenvalue weighted by atomic mass is 10.1. The molecule has 0 saturated carbocycles. The van der Waals surface area contributed by atoms with Gasteiger partial charge in [0.2, 0.25) is 0 Å². The minimum absolute atomic E-state index is 0.0307. The summed E-state index contributed by atoms with van der Waals surface area (Å²) >= 11 is 1.86. The van der Waals surface area contributed by atoms with E-state index in [9.17, 15) is 9.90 Å². The molecule has 1 fully saturated rings. The molecule has 1 amide bonds. The quantitative estimate of drug-likeness (QED) is 0.909. The van der Waals surface area contributed by atoms with Crippen molar-refractivity contribution in [2.24, 2.45) is 0 Å². The molecule has 0 aromatic heterocycles. The van der Waals surface area contributed by atoms with Crippen LogP contribution in [0.25, 0.3) is 0 Å². The number of phenolic OH excluding ortho intramolecular Hbond substituents is 1. The number of phenols is 1. The molecule has 2 rings (SSSR count). The highest BCUT2D eigenvalue weighted by atomic mass is 32.2. The van der Waals surface area contributed by atoms with Crippen molar-refractivity contribution in [3.05, 3.63) is 23.8 Å². The summed E-state index contributed by atoms with van der Waals surface area (Å²) in [7, 11) is 3.32. The number of thioether (sulfide) groups is 1. The molecule has 0 radical (unpaired) electrons. The van der Waals surface area contributed by atoms with E-state index in [0.717, 1.165) is 17.9 Å². The van der Waals surface area contributed by atoms with Gasteiger partial charge in [0.1, 0.15) is 11.5 Å². The highest BCUT2D eigenvalue weighted by Crippen LogP contribution is 2.27. The van der Waals surface area contributed by atoms with Gasteiger partial charge in [0.15, 0.2) is 0 Å². The van der Waals surface area contributed by atoms with Gasteiger partial charge in [-0.3, -0.25) is 4.79 Å². The van der Waals surface area contributed by atoms with Crippen LogP contribution in [0, 0.1) is 0 Å². The molecule has 4 nitrogen and oxygen atoms in total. The number of ether oxygens (including phenoxy) is 1. The van der Waals surface area contributed by atoms with Crippen molar-refractivity contribution >= 4 is 17.7 Å². The fraction of sp³-hybridized carbons (Fsp3) is 0.462. The summed E-state index contributed by atoms with van der Waals surface area (Å²) in [6, 6.07) is 5.02. The van der Waals surface area contributed by atoms with E-state index in [4.69, 9.17) is 4.74 Å². The van der Waals surface area contributed by atoms with Gasteiger partial charge in [0.05, 0.1) is 12.7 Å². The number of amides is 1. The molecule has 1 saturated heterocycles. The van der Waals surface area contributed by atoms with E-state index in [-0.39, 0.29) is 17.7 Å². The number of carbonyl (C=O) groups is 1. The Morgan fingerprint density at radius 2 is 2.33 bits per heavy atom. The topological polar surface area (TPSA) is 49.8 Å². The first-order valence-corrected chi connectivity index (χ1v) is 7.01. The molecule has 1 aromatic rings. The zero-order valence-corrected chi connectivity index (χ0v) is 11.4. The Hall–Kier alpha value is -1.36. The van der Waals surface area contributed by atoms with Gasteiger partial charge >= 0.3 is 0 Å². The second-order valence-corrected chi connectivity index (χ2v) is 5.47. The maximum absolute atomic E-state index is 12.3. The highest BCUT2D eigenvalue weighted by molar-refractivity contribution is 7.99. The van der Waals surface area contributed by atoms with Crippen LogP contribution >= 0.6 is 11.8 Å². The van der Waals surface area contributed by atoms with E-state index in [1.807, 2.05) is 11.8 Å². The smallest absolute Gasteiger partial charge is 0.257 e. The molecular weight excluding hydrogens is 250 g/mol. The van der Waals surface area contributed by atoms with Crippen LogP contribution < -0.4 is 4.74 Å². The largest absolute Gasteiger partial charge is 0.507 e. The number of benzene rings is 1. The minimum atomic E-state index is -0.136. The van der Waals surface area contributed by atoms with Crippen LogP contribution in [0.1, 0.15) is 16.8 Å². The molecule has 1 aliphatic heterocycles. The number of aromatic hydroxyl groups is 1. The molecule has 1 unspecified atom stereocenters. The predicted molar refractivity (Wildman–Crippen MR) is 72.5 cm³/mol. The Morgan fingerprint density at radius 1 is 1.56 bits per heavy atom. The standard InChI is InChI=1S/C13H17NO3S/c1-14(9-5-6-18-8-9)13(16)11-4-3-10(17-2)7-12(11)15/h3-4,7,9,15H,5-6,8H2,1-2H3. The molecule has 1 aliphatic rings. The summed E-state index contributed by atoms with van der Waals surface area (Å²) in [5.41, 5.74) is 0.329. The van der Waals surface area contributed by atoms with E-state index in [1.165, 1.54) is 13.2 Å². The lowest BCUT2D eigenvalue weighted by Gasteiger charge is -2.24. The molecule has 98 valence electrons. The zero-order chi connectivity index (χ0) is 13.1. The third kappa shape index (κ3) is 2.56. The number of carbonyl (C=O) groups excluding carboxylic acids is 1. The van der Waals surface area contributed by atoms with Gasteiger partial charge in [-0.2, -0.15) is 11.8 Å². The number of rotatable bonds is 3. The van der Waals surface area contributed by atoms with Crippen LogP contribution in [0.15, 0.2) is 18.2 Å². The predicted octanol–water partition coefficient (Wildman–Crippen LogP) is 1.98. The third-order valence-electron chi connectivity index (χ3n) is 3.21. The zero-order valence-electron chi connectivity index (χ0n) is 10.5. The van der Waals surface area contributed by atoms with Gasteiger partial charge < -0.3 is 14.7 Å². The van der Waals surface area contributed by atoms with E-state index in [2.05, 4.69) is 0 Å². The van der Waals surface area contributed by atoms with Gasteiger partial charge in [-0.15, -0.1) is 0 Å². The molecule has 5 heteroatoms. The number of hydrogen-bond acceptors (Lipinski definition) is 4. The van der Waals surface area contributed by atoms with Crippen molar-refractivity contribution in [1.82, 2.24) is 4.90 Å². The normalized spacial score (nSPS) is 18.7. The third-order valence-corrected chi connectivity index (χ3v) is 4.35. The first-order valence-electron chi connectivity index (χ1n) is 5.85. The molecule has 0 aliphatic carbocycles. The van der Waals surface area contributed by atoms with Gasteiger partial charge in [0, 0.05) is 24.9 Å². The molecule has 0 bridgehead atoms. The molecule has 1 aromatic carbocycles. The summed E-state index contributed by atoms with van der Waals surface area (Å²) in [6.45, 7) is 0. The van der Waals surface area contributed by atoms with Crippen LogP contribution in [0.3, 0.4) is 0 Å². The van der Waals surface area contributed by atoms with Crippen molar-refractivity contribution < 1.29 is 14.6 Å². The Morgan fingerprint density at radius 3 is 2.89 bits per heavy atom. The Bertz CT molecular complexity index is 444. The van der Waals surface area contributed by atoms with E-state index < -0.39 is 0 Å². The molecule has 18 heavy (non-hydrogen) atoms. The maximum atomic E-state index is 12.3. The second-order valence-electron chi connectivity index (χ2n) is 4.32. The van der Waals surface area contributed by atoms with E-state index in [0.29, 0.717) is 11.3 Å². The van der Waals surface area contributed by atoms with Crippen molar-refractivity contribution in [2.45, 2.75) is 12.5 Å². The van der Waals surface area contributed by atoms with Gasteiger partial charge in [-0.25, -0.2) is 0 Å². The maximum Gasteiger partial charge on any atom is 0.257 e. The van der Waals surface area contributed by atoms with Crippen LogP contribution in [-0.4, -0.2) is 47.6 Å². The second kappa shape index (κ2) is 5.52. The van der Waals surface area contributed by atoms with Gasteiger partial charge in [-0.05, 0) is 24.3 Å². The fourth-order valence-corrected chi connectivity index (χ4v) is 3.27. The number of hydrogen-bond donors (Lipinski definition) is 1. The molecule has 1 atom stereocenters. The van der Waals surface area contributed by atoms with Crippen molar-refractivity contribution in [1.29, 1.82) is 0 Å². The first-order chi connectivity index (χ1) is 8.63. The lowest BCUT2D eigenvalue weighted by Crippen LogP contribution is -2.36. The molecular formula is C13H17NO3S. The van der Waals surface area contributed by atoms with Crippen LogP contribution in [0.4, 0.5) is 0 Å². The summed E-state index contributed by atoms with van der Waals surface area (Å²) in [6.07, 6.45) is 1.02. The monoisotopic (exact) mass is 267 g/mol. The summed E-state index contributed by atoms with van der Waals surface area (Å²) in [5, 5.41) is 9.85. The number of methoxy groups -OCH3 is 1. The first kappa shape index (κ1) is 13.1. The molecule has 1 heterocycles. The SMILES string of the molecule is COc1ccc(C(=O)N(C)C2CCSC2)c(O)c1. The number of nitrogens with zero attached hydrogens (tertiary/aromatic N) is 1. The van der Waals surface area contributed by atoms with Crippen LogP contribution in [-0.2, 0) is 0 Å². The van der Waals surface area contributed by atoms with E-state index in [1.54, 1.807) is 24.1 Å². The lowest BCUT2D eigenvalue weighted by molar-refractivity contribution is 0.0745. The summed E-state index contributed by atoms with van der Waals surface area (Å²) in [4.78, 5) is 14.0. The van der Waals surface area contributed by atoms with Gasteiger partial charge in [-0.1, -0.05) is 0 Å². The highest BCUT2D eigenvalue weighted by Gasteiger charge is 2.26. The molecule has 1 N–H and O–H groups in total. The van der Waals surface area contributed by atoms with Crippen LogP contribution in [0.5, 0.6) is 11.5 Å². The summed E-state index contributed by atoms with van der Waals surface area (Å²) in [5.74, 6) is 2.44. The van der Waals surface area contributed by atoms with Crippen LogP contribution in [0.2, 0.25) is 0 Å². The Labute approximate surface area is 111 Å². The molecule has 0 spiro atoms. The average molecular weight is 267 g/mol. The minimum Gasteiger partial charge on any atom is -0.507 e. The average Bonchev–Trinajstić information content (AvgIpc) is 2.90. The summed E-state index contributed by atoms with van der Waals surface area (Å²) < 4.78 is 5.00. The fourth-order valence-electron chi connectivity index (χ4n) is 2.00. The Balaban J connectivity index is 2.17. The Kier molecular flexibility index (Phi) is 4.01.